The van der Waals surface area contributed by atoms with Crippen molar-refractivity contribution in [3.8, 4) is 5.75 Å². The first kappa shape index (κ1) is 20.5. The van der Waals surface area contributed by atoms with Crippen LogP contribution in [-0.4, -0.2) is 9.38 Å². The largest absolute Gasteiger partial charge is 0.486 e. The monoisotopic (exact) mass is 530 g/mol. The van der Waals surface area contributed by atoms with Gasteiger partial charge in [-0.3, -0.25) is 4.79 Å². The zero-order valence-electron chi connectivity index (χ0n) is 15.8. The maximum absolute atomic E-state index is 13.0. The number of nitrogens with zero attached hydrogens (tertiary/aromatic N) is 2. The van der Waals surface area contributed by atoms with Crippen molar-refractivity contribution in [2.45, 2.75) is 6.61 Å². The summed E-state index contributed by atoms with van der Waals surface area (Å²) >= 11 is 17.6. The fraction of sp³-hybridized carbons (Fsp3) is 0.0435. The van der Waals surface area contributed by atoms with Gasteiger partial charge in [0.15, 0.2) is 10.7 Å². The Morgan fingerprint density at radius 2 is 1.84 bits per heavy atom. The summed E-state index contributed by atoms with van der Waals surface area (Å²) < 4.78 is 8.82. The standard InChI is InChI=1S/C23H13BrCl2N2O2S/c24-15-9-13(10-17(26)21(15)30-12-14-5-1-2-6-16(14)25)11-20-22(29)28-19-8-4-3-7-18(19)27-23(28)31-20/h1-11H,12H2/b20-11-. The molecule has 0 aliphatic heterocycles. The fourth-order valence-corrected chi connectivity index (χ4v) is 5.50. The highest BCUT2D eigenvalue weighted by Gasteiger charge is 2.13. The lowest BCUT2D eigenvalue weighted by molar-refractivity contribution is 0.304. The van der Waals surface area contributed by atoms with Crippen LogP contribution in [0.5, 0.6) is 5.75 Å². The van der Waals surface area contributed by atoms with Gasteiger partial charge in [-0.2, -0.15) is 0 Å². The molecule has 31 heavy (non-hydrogen) atoms. The molecular weight excluding hydrogens is 519 g/mol. The smallest absolute Gasteiger partial charge is 0.274 e. The van der Waals surface area contributed by atoms with Crippen molar-refractivity contribution in [1.29, 1.82) is 0 Å². The number of rotatable bonds is 4. The predicted molar refractivity (Wildman–Crippen MR) is 131 cm³/mol. The molecule has 3 aromatic carbocycles. The lowest BCUT2D eigenvalue weighted by Gasteiger charge is -2.12. The lowest BCUT2D eigenvalue weighted by atomic mass is 10.2. The highest BCUT2D eigenvalue weighted by atomic mass is 79.9. The normalized spacial score (nSPS) is 12.2. The third-order valence-electron chi connectivity index (χ3n) is 4.79. The zero-order chi connectivity index (χ0) is 21.5. The number of ether oxygens (including phenoxy) is 1. The molecule has 0 aliphatic carbocycles. The van der Waals surface area contributed by atoms with Crippen LogP contribution in [0, 0.1) is 0 Å². The second kappa shape index (κ2) is 8.28. The minimum Gasteiger partial charge on any atom is -0.486 e. The first-order valence-corrected chi connectivity index (χ1v) is 11.6. The molecule has 4 nitrogen and oxygen atoms in total. The topological polar surface area (TPSA) is 43.6 Å². The van der Waals surface area contributed by atoms with E-state index in [4.69, 9.17) is 27.9 Å². The average Bonchev–Trinajstić information content (AvgIpc) is 3.25. The van der Waals surface area contributed by atoms with Crippen LogP contribution in [0.3, 0.4) is 0 Å². The molecule has 8 heteroatoms. The fourth-order valence-electron chi connectivity index (χ4n) is 3.33. The van der Waals surface area contributed by atoms with Gasteiger partial charge in [-0.15, -0.1) is 0 Å². The van der Waals surface area contributed by atoms with Crippen molar-refractivity contribution in [1.82, 2.24) is 9.38 Å². The molecule has 5 aromatic rings. The highest BCUT2D eigenvalue weighted by Crippen LogP contribution is 2.35. The molecule has 5 rings (SSSR count). The van der Waals surface area contributed by atoms with E-state index < -0.39 is 0 Å². The van der Waals surface area contributed by atoms with Crippen LogP contribution in [0.1, 0.15) is 11.1 Å². The van der Waals surface area contributed by atoms with E-state index in [1.54, 1.807) is 10.5 Å². The Kier molecular flexibility index (Phi) is 5.48. The summed E-state index contributed by atoms with van der Waals surface area (Å²) in [5.41, 5.74) is 3.17. The van der Waals surface area contributed by atoms with Crippen molar-refractivity contribution >= 4 is 72.5 Å². The maximum atomic E-state index is 13.0. The summed E-state index contributed by atoms with van der Waals surface area (Å²) in [6, 6.07) is 18.7. The van der Waals surface area contributed by atoms with Gasteiger partial charge in [0.1, 0.15) is 6.61 Å². The van der Waals surface area contributed by atoms with Crippen LogP contribution in [0.25, 0.3) is 22.1 Å². The van der Waals surface area contributed by atoms with E-state index >= 15 is 0 Å². The van der Waals surface area contributed by atoms with E-state index in [1.165, 1.54) is 11.3 Å². The van der Waals surface area contributed by atoms with Crippen molar-refractivity contribution in [2.24, 2.45) is 0 Å². The second-order valence-electron chi connectivity index (χ2n) is 6.83. The van der Waals surface area contributed by atoms with Gasteiger partial charge < -0.3 is 4.74 Å². The second-order valence-corrected chi connectivity index (χ2v) is 9.51. The number of para-hydroxylation sites is 2. The van der Waals surface area contributed by atoms with Crippen LogP contribution in [0.2, 0.25) is 10.0 Å². The van der Waals surface area contributed by atoms with E-state index in [-0.39, 0.29) is 5.56 Å². The quantitative estimate of drug-likeness (QED) is 0.281. The van der Waals surface area contributed by atoms with Crippen LogP contribution in [-0.2, 0) is 6.61 Å². The van der Waals surface area contributed by atoms with Gasteiger partial charge in [0.05, 0.1) is 25.1 Å². The molecule has 0 unspecified atom stereocenters. The first-order valence-electron chi connectivity index (χ1n) is 9.28. The SMILES string of the molecule is O=c1/c(=C/c2cc(Cl)c(OCc3ccccc3Cl)c(Br)c2)sc2nc3ccccc3n12. The summed E-state index contributed by atoms with van der Waals surface area (Å²) in [6.07, 6.45) is 1.81. The predicted octanol–water partition coefficient (Wildman–Crippen LogP) is 6.11. The van der Waals surface area contributed by atoms with Crippen LogP contribution in [0.4, 0.5) is 0 Å². The molecule has 0 radical (unpaired) electrons. The Labute approximate surface area is 199 Å². The van der Waals surface area contributed by atoms with Gasteiger partial charge in [0.2, 0.25) is 0 Å². The van der Waals surface area contributed by atoms with E-state index in [2.05, 4.69) is 20.9 Å². The molecule has 0 N–H and O–H groups in total. The summed E-state index contributed by atoms with van der Waals surface area (Å²) in [4.78, 5) is 18.2. The molecule has 2 heterocycles. The van der Waals surface area contributed by atoms with Crippen LogP contribution >= 0.6 is 50.5 Å². The Hall–Kier alpha value is -2.38. The summed E-state index contributed by atoms with van der Waals surface area (Å²) in [7, 11) is 0. The molecule has 0 saturated carbocycles. The Bertz CT molecular complexity index is 1540. The Morgan fingerprint density at radius 1 is 1.06 bits per heavy atom. The molecular formula is C23H13BrCl2N2O2S. The van der Waals surface area contributed by atoms with E-state index in [9.17, 15) is 4.79 Å². The van der Waals surface area contributed by atoms with E-state index in [0.717, 1.165) is 22.2 Å². The summed E-state index contributed by atoms with van der Waals surface area (Å²) in [5, 5.41) is 1.07. The number of benzene rings is 3. The first-order chi connectivity index (χ1) is 15.0. The molecule has 0 saturated heterocycles. The van der Waals surface area contributed by atoms with Gasteiger partial charge in [0.25, 0.3) is 5.56 Å². The number of aromatic nitrogens is 2. The van der Waals surface area contributed by atoms with Crippen molar-refractivity contribution < 1.29 is 4.74 Å². The van der Waals surface area contributed by atoms with E-state index in [1.807, 2.05) is 60.7 Å². The van der Waals surface area contributed by atoms with Crippen molar-refractivity contribution in [3.63, 3.8) is 0 Å². The lowest BCUT2D eigenvalue weighted by Crippen LogP contribution is -2.22. The zero-order valence-corrected chi connectivity index (χ0v) is 19.7. The number of halogens is 3. The minimum absolute atomic E-state index is 0.0972. The number of hydrogen-bond acceptors (Lipinski definition) is 4. The van der Waals surface area contributed by atoms with Gasteiger partial charge >= 0.3 is 0 Å². The maximum Gasteiger partial charge on any atom is 0.274 e. The molecule has 0 aliphatic rings. The van der Waals surface area contributed by atoms with Crippen molar-refractivity contribution in [2.75, 3.05) is 0 Å². The molecule has 0 amide bonds. The molecule has 0 atom stereocenters. The van der Waals surface area contributed by atoms with Crippen LogP contribution in [0.15, 0.2) is 69.9 Å². The third-order valence-corrected chi connectivity index (χ3v) is 7.00. The van der Waals surface area contributed by atoms with Gasteiger partial charge in [-0.25, -0.2) is 9.38 Å². The third kappa shape index (κ3) is 3.85. The summed E-state index contributed by atoms with van der Waals surface area (Å²) in [5.74, 6) is 0.521. The molecule has 0 fully saturated rings. The van der Waals surface area contributed by atoms with Gasteiger partial charge in [-0.05, 0) is 57.9 Å². The Balaban J connectivity index is 1.50. The Morgan fingerprint density at radius 3 is 2.65 bits per heavy atom. The highest BCUT2D eigenvalue weighted by molar-refractivity contribution is 9.10. The van der Waals surface area contributed by atoms with Gasteiger partial charge in [0, 0.05) is 10.6 Å². The molecule has 0 bridgehead atoms. The number of hydrogen-bond donors (Lipinski definition) is 0. The average molecular weight is 532 g/mol. The molecule has 0 spiro atoms. The minimum atomic E-state index is -0.0972. The molecule has 154 valence electrons. The van der Waals surface area contributed by atoms with Crippen LogP contribution < -0.4 is 14.8 Å². The van der Waals surface area contributed by atoms with Gasteiger partial charge in [-0.1, -0.05) is 64.9 Å². The number of imidazole rings is 1. The number of thiazole rings is 1. The number of fused-ring (bicyclic) bond motifs is 3. The molecule has 2 aromatic heterocycles. The van der Waals surface area contributed by atoms with E-state index in [0.29, 0.717) is 36.4 Å². The van der Waals surface area contributed by atoms with Crippen molar-refractivity contribution in [3.05, 3.63) is 101 Å². The summed E-state index contributed by atoms with van der Waals surface area (Å²) in [6.45, 7) is 0.293.